The fraction of sp³-hybridized carbons (Fsp3) is 0.875. The van der Waals surface area contributed by atoms with E-state index in [1.165, 1.54) is 0 Å². The Morgan fingerprint density at radius 1 is 1.45 bits per heavy atom. The second-order valence-electron chi connectivity index (χ2n) is 2.84. The van der Waals surface area contributed by atoms with Crippen LogP contribution in [0.15, 0.2) is 0 Å². The van der Waals surface area contributed by atoms with Crippen LogP contribution in [0.4, 0.5) is 0 Å². The van der Waals surface area contributed by atoms with Crippen LogP contribution in [0.3, 0.4) is 0 Å². The van der Waals surface area contributed by atoms with E-state index in [4.69, 9.17) is 22.7 Å². The molecule has 0 aromatic heterocycles. The molecule has 0 rings (SSSR count). The lowest BCUT2D eigenvalue weighted by Gasteiger charge is -2.06. The molecule has 0 heterocycles. The normalized spacial score (nSPS) is 10.5. The highest BCUT2D eigenvalue weighted by molar-refractivity contribution is 7.80. The van der Waals surface area contributed by atoms with Gasteiger partial charge in [-0.05, 0) is 33.1 Å². The Kier molecular flexibility index (Phi) is 6.46. The van der Waals surface area contributed by atoms with Crippen molar-refractivity contribution in [2.75, 3.05) is 6.61 Å². The minimum atomic E-state index is 0.333. The van der Waals surface area contributed by atoms with Crippen molar-refractivity contribution < 1.29 is 4.74 Å². The van der Waals surface area contributed by atoms with Crippen LogP contribution in [-0.4, -0.2) is 17.7 Å². The summed E-state index contributed by atoms with van der Waals surface area (Å²) in [6.07, 6.45) is 3.27. The molecule has 0 aliphatic heterocycles. The molecule has 66 valence electrons. The van der Waals surface area contributed by atoms with E-state index in [0.717, 1.165) is 25.9 Å². The number of unbranched alkanes of at least 4 members (excludes halogenated alkanes) is 1. The van der Waals surface area contributed by atoms with Crippen LogP contribution in [0.2, 0.25) is 0 Å². The third-order valence-electron chi connectivity index (χ3n) is 1.27. The lowest BCUT2D eigenvalue weighted by atomic mass is 10.2. The summed E-state index contributed by atoms with van der Waals surface area (Å²) in [5.74, 6) is 0. The summed E-state index contributed by atoms with van der Waals surface area (Å²) < 4.78 is 5.34. The van der Waals surface area contributed by atoms with Gasteiger partial charge in [-0.1, -0.05) is 12.2 Å². The molecule has 2 N–H and O–H groups in total. The number of ether oxygens (including phenoxy) is 1. The highest BCUT2D eigenvalue weighted by Crippen LogP contribution is 1.97. The highest BCUT2D eigenvalue weighted by atomic mass is 32.1. The van der Waals surface area contributed by atoms with Gasteiger partial charge in [0.2, 0.25) is 0 Å². The third-order valence-corrected chi connectivity index (χ3v) is 1.47. The van der Waals surface area contributed by atoms with Gasteiger partial charge in [0, 0.05) is 6.61 Å². The minimum absolute atomic E-state index is 0.333. The third kappa shape index (κ3) is 9.85. The summed E-state index contributed by atoms with van der Waals surface area (Å²) in [5.41, 5.74) is 5.33. The number of nitrogens with two attached hydrogens (primary N) is 1. The molecule has 11 heavy (non-hydrogen) atoms. The SMILES string of the molecule is CC(C)OCCCCC(N)=S. The highest BCUT2D eigenvalue weighted by Gasteiger charge is 1.93. The van der Waals surface area contributed by atoms with Crippen LogP contribution in [0.1, 0.15) is 33.1 Å². The maximum Gasteiger partial charge on any atom is 0.0727 e. The standard InChI is InChI=1S/C8H17NOS/c1-7(2)10-6-4-3-5-8(9)11/h7H,3-6H2,1-2H3,(H2,9,11). The van der Waals surface area contributed by atoms with Crippen LogP contribution in [0.5, 0.6) is 0 Å². The van der Waals surface area contributed by atoms with E-state index in [1.807, 2.05) is 13.8 Å². The predicted octanol–water partition coefficient (Wildman–Crippen LogP) is 1.87. The molecule has 0 aromatic rings. The zero-order valence-electron chi connectivity index (χ0n) is 7.30. The number of thiocarbonyl (C=S) groups is 1. The number of hydrogen-bond donors (Lipinski definition) is 1. The van der Waals surface area contributed by atoms with Gasteiger partial charge in [-0.2, -0.15) is 0 Å². The first-order valence-corrected chi connectivity index (χ1v) is 4.43. The Bertz CT molecular complexity index is 115. The molecule has 0 aliphatic carbocycles. The Hall–Kier alpha value is -0.150. The van der Waals surface area contributed by atoms with Crippen LogP contribution in [0.25, 0.3) is 0 Å². The molecular formula is C8H17NOS. The van der Waals surface area contributed by atoms with Gasteiger partial charge in [-0.25, -0.2) is 0 Å². The van der Waals surface area contributed by atoms with Crippen molar-refractivity contribution in [3.8, 4) is 0 Å². The van der Waals surface area contributed by atoms with E-state index in [9.17, 15) is 0 Å². The fourth-order valence-corrected chi connectivity index (χ4v) is 0.865. The number of hydrogen-bond acceptors (Lipinski definition) is 2. The second kappa shape index (κ2) is 6.55. The van der Waals surface area contributed by atoms with E-state index >= 15 is 0 Å². The molecule has 0 saturated heterocycles. The molecule has 0 unspecified atom stereocenters. The molecule has 2 nitrogen and oxygen atoms in total. The lowest BCUT2D eigenvalue weighted by Crippen LogP contribution is -2.08. The minimum Gasteiger partial charge on any atom is -0.393 e. The summed E-state index contributed by atoms with van der Waals surface area (Å²) in [5, 5.41) is 0. The van der Waals surface area contributed by atoms with Crippen molar-refractivity contribution in [3.63, 3.8) is 0 Å². The first-order valence-electron chi connectivity index (χ1n) is 4.03. The summed E-state index contributed by atoms with van der Waals surface area (Å²) >= 11 is 4.73. The van der Waals surface area contributed by atoms with E-state index in [1.54, 1.807) is 0 Å². The summed E-state index contributed by atoms with van der Waals surface area (Å²) in [7, 11) is 0. The molecule has 3 heteroatoms. The molecule has 0 radical (unpaired) electrons. The maximum absolute atomic E-state index is 5.34. The van der Waals surface area contributed by atoms with E-state index in [2.05, 4.69) is 0 Å². The van der Waals surface area contributed by atoms with Gasteiger partial charge >= 0.3 is 0 Å². The van der Waals surface area contributed by atoms with Gasteiger partial charge in [-0.15, -0.1) is 0 Å². The molecular weight excluding hydrogens is 158 g/mol. The monoisotopic (exact) mass is 175 g/mol. The summed E-state index contributed by atoms with van der Waals surface area (Å²) in [6, 6.07) is 0. The average molecular weight is 175 g/mol. The van der Waals surface area contributed by atoms with Crippen LogP contribution < -0.4 is 5.73 Å². The first-order chi connectivity index (χ1) is 5.13. The number of rotatable bonds is 6. The van der Waals surface area contributed by atoms with Gasteiger partial charge in [0.1, 0.15) is 0 Å². The van der Waals surface area contributed by atoms with Crippen molar-refractivity contribution in [1.29, 1.82) is 0 Å². The summed E-state index contributed by atoms with van der Waals surface area (Å²) in [6.45, 7) is 4.89. The predicted molar refractivity (Wildman–Crippen MR) is 51.7 cm³/mol. The zero-order chi connectivity index (χ0) is 8.69. The van der Waals surface area contributed by atoms with Gasteiger partial charge in [0.25, 0.3) is 0 Å². The lowest BCUT2D eigenvalue weighted by molar-refractivity contribution is 0.0763. The van der Waals surface area contributed by atoms with Crippen LogP contribution in [-0.2, 0) is 4.74 Å². The molecule has 0 fully saturated rings. The quantitative estimate of drug-likeness (QED) is 0.494. The van der Waals surface area contributed by atoms with Crippen molar-refractivity contribution in [2.45, 2.75) is 39.2 Å². The Labute approximate surface area is 74.1 Å². The second-order valence-corrected chi connectivity index (χ2v) is 3.37. The molecule has 0 atom stereocenters. The molecule has 0 saturated carbocycles. The Balaban J connectivity index is 2.97. The van der Waals surface area contributed by atoms with Crippen molar-refractivity contribution in [1.82, 2.24) is 0 Å². The zero-order valence-corrected chi connectivity index (χ0v) is 8.12. The van der Waals surface area contributed by atoms with E-state index in [-0.39, 0.29) is 0 Å². The molecule has 0 aliphatic rings. The van der Waals surface area contributed by atoms with Crippen LogP contribution in [0, 0.1) is 0 Å². The van der Waals surface area contributed by atoms with Crippen LogP contribution >= 0.6 is 12.2 Å². The van der Waals surface area contributed by atoms with Gasteiger partial charge < -0.3 is 10.5 Å². The van der Waals surface area contributed by atoms with Crippen molar-refractivity contribution in [2.24, 2.45) is 5.73 Å². The molecule has 0 bridgehead atoms. The first kappa shape index (κ1) is 10.8. The maximum atomic E-state index is 5.34. The van der Waals surface area contributed by atoms with E-state index in [0.29, 0.717) is 11.1 Å². The fourth-order valence-electron chi connectivity index (χ4n) is 0.720. The van der Waals surface area contributed by atoms with E-state index < -0.39 is 0 Å². The smallest absolute Gasteiger partial charge is 0.0727 e. The topological polar surface area (TPSA) is 35.2 Å². The van der Waals surface area contributed by atoms with Crippen molar-refractivity contribution >= 4 is 17.2 Å². The van der Waals surface area contributed by atoms with Crippen molar-refractivity contribution in [3.05, 3.63) is 0 Å². The molecule has 0 spiro atoms. The van der Waals surface area contributed by atoms with Gasteiger partial charge in [-0.3, -0.25) is 0 Å². The van der Waals surface area contributed by atoms with Gasteiger partial charge in [0.15, 0.2) is 0 Å². The average Bonchev–Trinajstić information content (AvgIpc) is 1.85. The molecule has 0 aromatic carbocycles. The largest absolute Gasteiger partial charge is 0.393 e. The summed E-state index contributed by atoms with van der Waals surface area (Å²) in [4.78, 5) is 0.606. The van der Waals surface area contributed by atoms with Gasteiger partial charge in [0.05, 0.1) is 11.1 Å². The Morgan fingerprint density at radius 3 is 2.55 bits per heavy atom. The Morgan fingerprint density at radius 2 is 2.09 bits per heavy atom. The molecule has 0 amide bonds.